The van der Waals surface area contributed by atoms with Crippen LogP contribution in [0.3, 0.4) is 0 Å². The first-order chi connectivity index (χ1) is 16.8. The van der Waals surface area contributed by atoms with Gasteiger partial charge in [0.25, 0.3) is 0 Å². The number of benzene rings is 2. The summed E-state index contributed by atoms with van der Waals surface area (Å²) in [5.41, 5.74) is 11.4. The number of halogens is 1. The largest absolute Gasteiger partial charge is 0.469 e. The molecule has 35 heavy (non-hydrogen) atoms. The third-order valence-corrected chi connectivity index (χ3v) is 7.51. The van der Waals surface area contributed by atoms with Gasteiger partial charge in [-0.15, -0.1) is 21.5 Å². The van der Waals surface area contributed by atoms with E-state index in [0.717, 1.165) is 44.4 Å². The number of rotatable bonds is 4. The molecule has 0 saturated carbocycles. The Morgan fingerprint density at radius 3 is 2.46 bits per heavy atom. The zero-order valence-corrected chi connectivity index (χ0v) is 20.6. The Balaban J connectivity index is 1.66. The van der Waals surface area contributed by atoms with E-state index in [9.17, 15) is 9.18 Å². The molecule has 0 unspecified atom stereocenters. The Bertz CT molecular complexity index is 1490. The van der Waals surface area contributed by atoms with Gasteiger partial charge in [-0.2, -0.15) is 0 Å². The summed E-state index contributed by atoms with van der Waals surface area (Å²) in [6.45, 7) is 6.06. The molecule has 0 amide bonds. The van der Waals surface area contributed by atoms with Crippen LogP contribution in [0.25, 0.3) is 16.1 Å². The summed E-state index contributed by atoms with van der Waals surface area (Å²) in [5.74, 6) is 0.544. The predicted octanol–water partition coefficient (Wildman–Crippen LogP) is 5.10. The average Bonchev–Trinajstić information content (AvgIpc) is 3.33. The minimum atomic E-state index is -0.547. The van der Waals surface area contributed by atoms with Crippen LogP contribution in [-0.4, -0.2) is 33.6 Å². The molecule has 9 heteroatoms. The van der Waals surface area contributed by atoms with Crippen LogP contribution in [0.1, 0.15) is 45.7 Å². The molecule has 3 heterocycles. The first-order valence-electron chi connectivity index (χ1n) is 11.1. The molecule has 0 spiro atoms. The normalized spacial score (nSPS) is 14.7. The van der Waals surface area contributed by atoms with Gasteiger partial charge in [0.1, 0.15) is 22.7 Å². The van der Waals surface area contributed by atoms with Crippen molar-refractivity contribution in [2.75, 3.05) is 12.8 Å². The number of carbonyl (C=O) groups excluding carboxylic acids is 1. The topological polar surface area (TPSA) is 95.4 Å². The van der Waals surface area contributed by atoms with E-state index in [1.807, 2.05) is 35.8 Å². The Labute approximate surface area is 206 Å². The van der Waals surface area contributed by atoms with Crippen LogP contribution in [0.2, 0.25) is 0 Å². The molecule has 178 valence electrons. The fraction of sp³-hybridized carbons (Fsp3) is 0.231. The van der Waals surface area contributed by atoms with Gasteiger partial charge in [0.15, 0.2) is 5.82 Å². The standard InChI is InChI=1S/C26H24FN5O2S/c1-13-14(2)35-26-23(13)24(29-21(12-22(33)34-4)25-31-30-15(3)32(25)26)17-7-5-16(6-8-17)18-9-10-19(27)20(28)11-18/h5-11,21H,12,28H2,1-4H3/t21-/m0/s1. The van der Waals surface area contributed by atoms with E-state index >= 15 is 0 Å². The first kappa shape index (κ1) is 22.9. The summed E-state index contributed by atoms with van der Waals surface area (Å²) in [7, 11) is 1.37. The highest BCUT2D eigenvalue weighted by Gasteiger charge is 2.32. The fourth-order valence-corrected chi connectivity index (χ4v) is 5.52. The highest BCUT2D eigenvalue weighted by molar-refractivity contribution is 7.15. The molecule has 0 radical (unpaired) electrons. The van der Waals surface area contributed by atoms with E-state index in [0.29, 0.717) is 5.82 Å². The van der Waals surface area contributed by atoms with Crippen molar-refractivity contribution < 1.29 is 13.9 Å². The van der Waals surface area contributed by atoms with Gasteiger partial charge < -0.3 is 10.5 Å². The minimum absolute atomic E-state index is 0.0536. The van der Waals surface area contributed by atoms with Crippen LogP contribution in [-0.2, 0) is 9.53 Å². The summed E-state index contributed by atoms with van der Waals surface area (Å²) in [4.78, 5) is 18.5. The predicted molar refractivity (Wildman–Crippen MR) is 135 cm³/mol. The van der Waals surface area contributed by atoms with Crippen molar-refractivity contribution >= 4 is 28.7 Å². The van der Waals surface area contributed by atoms with Gasteiger partial charge in [0.05, 0.1) is 24.9 Å². The number of nitrogen functional groups attached to an aromatic ring is 1. The van der Waals surface area contributed by atoms with Crippen molar-refractivity contribution in [1.29, 1.82) is 0 Å². The van der Waals surface area contributed by atoms with Gasteiger partial charge in [-0.05, 0) is 49.6 Å². The number of aromatic nitrogens is 3. The second-order valence-electron chi connectivity index (χ2n) is 8.49. The van der Waals surface area contributed by atoms with Crippen molar-refractivity contribution in [1.82, 2.24) is 14.8 Å². The van der Waals surface area contributed by atoms with Crippen molar-refractivity contribution in [2.24, 2.45) is 4.99 Å². The maximum Gasteiger partial charge on any atom is 0.308 e. The Kier molecular flexibility index (Phi) is 5.72. The van der Waals surface area contributed by atoms with E-state index in [2.05, 4.69) is 24.0 Å². The molecule has 2 N–H and O–H groups in total. The van der Waals surface area contributed by atoms with Crippen molar-refractivity contribution in [3.05, 3.63) is 81.5 Å². The first-order valence-corrected chi connectivity index (χ1v) is 11.9. The lowest BCUT2D eigenvalue weighted by Gasteiger charge is -2.12. The lowest BCUT2D eigenvalue weighted by Crippen LogP contribution is -2.12. The lowest BCUT2D eigenvalue weighted by atomic mass is 9.97. The van der Waals surface area contributed by atoms with Crippen molar-refractivity contribution in [3.8, 4) is 16.1 Å². The number of hydrogen-bond acceptors (Lipinski definition) is 7. The third-order valence-electron chi connectivity index (χ3n) is 6.31. The van der Waals surface area contributed by atoms with E-state index in [1.165, 1.54) is 18.1 Å². The number of methoxy groups -OCH3 is 1. The van der Waals surface area contributed by atoms with Crippen LogP contribution in [0, 0.1) is 26.6 Å². The summed E-state index contributed by atoms with van der Waals surface area (Å²) >= 11 is 1.66. The second kappa shape index (κ2) is 8.74. The average molecular weight is 490 g/mol. The van der Waals surface area contributed by atoms with Gasteiger partial charge in [0, 0.05) is 16.0 Å². The van der Waals surface area contributed by atoms with E-state index in [1.54, 1.807) is 23.5 Å². The highest BCUT2D eigenvalue weighted by atomic mass is 32.1. The van der Waals surface area contributed by atoms with Crippen LogP contribution >= 0.6 is 11.3 Å². The van der Waals surface area contributed by atoms with Crippen LogP contribution < -0.4 is 5.73 Å². The van der Waals surface area contributed by atoms with E-state index < -0.39 is 11.9 Å². The Morgan fingerprint density at radius 2 is 1.77 bits per heavy atom. The van der Waals surface area contributed by atoms with Crippen molar-refractivity contribution in [2.45, 2.75) is 33.2 Å². The second-order valence-corrected chi connectivity index (χ2v) is 9.69. The Hall–Kier alpha value is -3.85. The number of anilines is 1. The zero-order chi connectivity index (χ0) is 24.9. The number of hydrogen-bond donors (Lipinski definition) is 1. The number of nitrogens with zero attached hydrogens (tertiary/aromatic N) is 4. The molecular formula is C26H24FN5O2S. The van der Waals surface area contributed by atoms with E-state index in [-0.39, 0.29) is 18.1 Å². The SMILES string of the molecule is COC(=O)C[C@@H]1N=C(c2ccc(-c3ccc(F)c(N)c3)cc2)c2c(sc(C)c2C)-n2c(C)nnc21. The van der Waals surface area contributed by atoms with Gasteiger partial charge in [0.2, 0.25) is 0 Å². The number of ether oxygens (including phenoxy) is 1. The summed E-state index contributed by atoms with van der Waals surface area (Å²) < 4.78 is 20.6. The van der Waals surface area contributed by atoms with Gasteiger partial charge in [-0.25, -0.2) is 4.39 Å². The molecule has 1 atom stereocenters. The number of carbonyl (C=O) groups is 1. The molecule has 0 aliphatic carbocycles. The van der Waals surface area contributed by atoms with Crippen LogP contribution in [0.5, 0.6) is 0 Å². The summed E-state index contributed by atoms with van der Waals surface area (Å²) in [5, 5.41) is 9.65. The lowest BCUT2D eigenvalue weighted by molar-refractivity contribution is -0.141. The fourth-order valence-electron chi connectivity index (χ4n) is 4.31. The van der Waals surface area contributed by atoms with E-state index in [4.69, 9.17) is 15.5 Å². The number of fused-ring (bicyclic) bond motifs is 3. The molecule has 2 aromatic heterocycles. The monoisotopic (exact) mass is 489 g/mol. The number of nitrogens with two attached hydrogens (primary N) is 1. The molecule has 4 aromatic rings. The number of aryl methyl sites for hydroxylation is 2. The molecular weight excluding hydrogens is 465 g/mol. The number of thiophene rings is 1. The maximum absolute atomic E-state index is 13.6. The minimum Gasteiger partial charge on any atom is -0.469 e. The summed E-state index contributed by atoms with van der Waals surface area (Å²) in [6, 6.07) is 12.0. The van der Waals surface area contributed by atoms with Gasteiger partial charge in [-0.1, -0.05) is 30.3 Å². The molecule has 7 nitrogen and oxygen atoms in total. The smallest absolute Gasteiger partial charge is 0.308 e. The maximum atomic E-state index is 13.6. The summed E-state index contributed by atoms with van der Waals surface area (Å²) in [6.07, 6.45) is 0.0536. The molecule has 1 aliphatic rings. The quantitative estimate of drug-likeness (QED) is 0.318. The molecule has 5 rings (SSSR count). The molecule has 0 fully saturated rings. The van der Waals surface area contributed by atoms with Crippen LogP contribution in [0.4, 0.5) is 10.1 Å². The molecule has 0 saturated heterocycles. The van der Waals surface area contributed by atoms with Gasteiger partial charge in [-0.3, -0.25) is 14.4 Å². The molecule has 2 aromatic carbocycles. The third kappa shape index (κ3) is 3.91. The molecule has 1 aliphatic heterocycles. The van der Waals surface area contributed by atoms with Crippen LogP contribution in [0.15, 0.2) is 47.5 Å². The molecule has 0 bridgehead atoms. The van der Waals surface area contributed by atoms with Crippen molar-refractivity contribution in [3.63, 3.8) is 0 Å². The highest BCUT2D eigenvalue weighted by Crippen LogP contribution is 2.39. The van der Waals surface area contributed by atoms with Gasteiger partial charge >= 0.3 is 5.97 Å². The number of esters is 1. The number of aliphatic imine (C=N–C) groups is 1. The zero-order valence-electron chi connectivity index (χ0n) is 19.8. The Morgan fingerprint density at radius 1 is 1.09 bits per heavy atom.